The van der Waals surface area contributed by atoms with E-state index < -0.39 is 0 Å². The van der Waals surface area contributed by atoms with Gasteiger partial charge in [0.05, 0.1) is 0 Å². The van der Waals surface area contributed by atoms with Crippen LogP contribution in [0.3, 0.4) is 0 Å². The van der Waals surface area contributed by atoms with E-state index in [1.54, 1.807) is 0 Å². The lowest BCUT2D eigenvalue weighted by Crippen LogP contribution is -1.98. The lowest BCUT2D eigenvalue weighted by atomic mass is 10.0. The Labute approximate surface area is 193 Å². The minimum atomic E-state index is 0.412. The molecule has 1 saturated carbocycles. The standard InChI is InChI=1S/C30H48O/c1-24(2)12-7-13-25(3)14-8-15-26(4)16-9-17-27(5)18-10-19-28(6)20-11-21-30(31)29-22-23-29/h12,14,16,18,20,29H,7-11,13,15,17,19,21-23H2,1-6H3. The van der Waals surface area contributed by atoms with E-state index in [-0.39, 0.29) is 0 Å². The highest BCUT2D eigenvalue weighted by atomic mass is 16.1. The molecule has 0 aliphatic heterocycles. The molecule has 0 bridgehead atoms. The number of hydrogen-bond donors (Lipinski definition) is 0. The maximum Gasteiger partial charge on any atom is 0.136 e. The van der Waals surface area contributed by atoms with Crippen molar-refractivity contribution in [2.75, 3.05) is 0 Å². The molecule has 1 aliphatic carbocycles. The third-order valence-electron chi connectivity index (χ3n) is 6.10. The highest BCUT2D eigenvalue weighted by Crippen LogP contribution is 2.31. The monoisotopic (exact) mass is 424 g/mol. The molecule has 31 heavy (non-hydrogen) atoms. The molecule has 0 atom stereocenters. The molecule has 1 nitrogen and oxygen atoms in total. The normalized spacial score (nSPS) is 15.9. The van der Waals surface area contributed by atoms with Crippen molar-refractivity contribution >= 4 is 5.78 Å². The van der Waals surface area contributed by atoms with Crippen molar-refractivity contribution < 1.29 is 4.79 Å². The summed E-state index contributed by atoms with van der Waals surface area (Å²) in [5.74, 6) is 0.893. The molecule has 0 aromatic rings. The average Bonchev–Trinajstić information content (AvgIpc) is 3.53. The fraction of sp³-hybridized carbons (Fsp3) is 0.633. The van der Waals surface area contributed by atoms with Crippen LogP contribution in [0.5, 0.6) is 0 Å². The van der Waals surface area contributed by atoms with Crippen LogP contribution in [0.2, 0.25) is 0 Å². The van der Waals surface area contributed by atoms with Gasteiger partial charge in [-0.25, -0.2) is 0 Å². The largest absolute Gasteiger partial charge is 0.299 e. The van der Waals surface area contributed by atoms with E-state index in [0.717, 1.165) is 57.8 Å². The molecule has 0 saturated heterocycles. The number of allylic oxidation sites excluding steroid dienone is 10. The summed E-state index contributed by atoms with van der Waals surface area (Å²) in [5.41, 5.74) is 7.37. The van der Waals surface area contributed by atoms with Gasteiger partial charge in [0.25, 0.3) is 0 Å². The maximum atomic E-state index is 11.7. The van der Waals surface area contributed by atoms with Gasteiger partial charge in [-0.15, -0.1) is 0 Å². The van der Waals surface area contributed by atoms with E-state index in [2.05, 4.69) is 71.9 Å². The van der Waals surface area contributed by atoms with Crippen molar-refractivity contribution in [3.63, 3.8) is 0 Å². The van der Waals surface area contributed by atoms with Gasteiger partial charge in [0, 0.05) is 12.3 Å². The Bertz CT molecular complexity index is 688. The lowest BCUT2D eigenvalue weighted by molar-refractivity contribution is -0.120. The molecule has 0 spiro atoms. The second kappa shape index (κ2) is 16.1. The van der Waals surface area contributed by atoms with Gasteiger partial charge >= 0.3 is 0 Å². The minimum absolute atomic E-state index is 0.412. The fourth-order valence-corrected chi connectivity index (χ4v) is 3.71. The molecule has 0 unspecified atom stereocenters. The molecule has 1 heteroatoms. The topological polar surface area (TPSA) is 17.1 Å². The first-order valence-corrected chi connectivity index (χ1v) is 12.6. The summed E-state index contributed by atoms with van der Waals surface area (Å²) in [7, 11) is 0. The van der Waals surface area contributed by atoms with Gasteiger partial charge in [0.2, 0.25) is 0 Å². The summed E-state index contributed by atoms with van der Waals surface area (Å²) < 4.78 is 0. The summed E-state index contributed by atoms with van der Waals surface area (Å²) in [5, 5.41) is 0. The molecule has 0 radical (unpaired) electrons. The Hall–Kier alpha value is -1.63. The third kappa shape index (κ3) is 15.8. The van der Waals surface area contributed by atoms with Gasteiger partial charge in [-0.05, 0) is 112 Å². The molecular formula is C30H48O. The number of ketones is 1. The third-order valence-corrected chi connectivity index (χ3v) is 6.10. The second-order valence-electron chi connectivity index (χ2n) is 9.92. The highest BCUT2D eigenvalue weighted by Gasteiger charge is 2.28. The van der Waals surface area contributed by atoms with Crippen LogP contribution >= 0.6 is 0 Å². The van der Waals surface area contributed by atoms with Crippen molar-refractivity contribution in [3.05, 3.63) is 58.2 Å². The summed E-state index contributed by atoms with van der Waals surface area (Å²) in [4.78, 5) is 11.7. The van der Waals surface area contributed by atoms with Crippen molar-refractivity contribution in [3.8, 4) is 0 Å². The number of rotatable bonds is 16. The number of carbonyl (C=O) groups excluding carboxylic acids is 1. The van der Waals surface area contributed by atoms with Crippen molar-refractivity contribution in [1.29, 1.82) is 0 Å². The molecule has 1 fully saturated rings. The van der Waals surface area contributed by atoms with E-state index in [1.165, 1.54) is 47.1 Å². The smallest absolute Gasteiger partial charge is 0.136 e. The van der Waals surface area contributed by atoms with Crippen LogP contribution in [-0.2, 0) is 4.79 Å². The summed E-state index contributed by atoms with van der Waals surface area (Å²) >= 11 is 0. The Kier molecular flexibility index (Phi) is 14.2. The molecule has 1 aliphatic rings. The zero-order chi connectivity index (χ0) is 23.1. The van der Waals surface area contributed by atoms with Crippen LogP contribution in [0.4, 0.5) is 0 Å². The van der Waals surface area contributed by atoms with Crippen LogP contribution in [0, 0.1) is 5.92 Å². The van der Waals surface area contributed by atoms with Crippen LogP contribution in [0.15, 0.2) is 58.2 Å². The van der Waals surface area contributed by atoms with E-state index in [4.69, 9.17) is 0 Å². The summed E-state index contributed by atoms with van der Waals surface area (Å²) in [6, 6.07) is 0. The van der Waals surface area contributed by atoms with Crippen molar-refractivity contribution in [1.82, 2.24) is 0 Å². The molecule has 0 amide bonds. The van der Waals surface area contributed by atoms with Crippen LogP contribution in [0.25, 0.3) is 0 Å². The van der Waals surface area contributed by atoms with Gasteiger partial charge in [-0.3, -0.25) is 4.79 Å². The molecule has 0 heterocycles. The Morgan fingerprint density at radius 3 is 1.19 bits per heavy atom. The lowest BCUT2D eigenvalue weighted by Gasteiger charge is -2.03. The molecule has 0 aromatic carbocycles. The van der Waals surface area contributed by atoms with Gasteiger partial charge < -0.3 is 0 Å². The SMILES string of the molecule is CC(C)=CCCC(C)=CCCC(C)=CCCC(C)=CCCC(C)=CCCC(=O)C1CC1. The number of Topliss-reactive ketones (excluding diaryl/α,β-unsaturated/α-hetero) is 1. The first kappa shape index (κ1) is 27.4. The van der Waals surface area contributed by atoms with Gasteiger partial charge in [0.15, 0.2) is 0 Å². The molecule has 0 aromatic heterocycles. The zero-order valence-electron chi connectivity index (χ0n) is 21.4. The summed E-state index contributed by atoms with van der Waals surface area (Å²) in [6.45, 7) is 13.3. The fourth-order valence-electron chi connectivity index (χ4n) is 3.71. The Balaban J connectivity index is 2.16. The number of hydrogen-bond acceptors (Lipinski definition) is 1. The van der Waals surface area contributed by atoms with Gasteiger partial charge in [-0.2, -0.15) is 0 Å². The van der Waals surface area contributed by atoms with Crippen LogP contribution in [0.1, 0.15) is 119 Å². The van der Waals surface area contributed by atoms with Crippen LogP contribution < -0.4 is 0 Å². The molecule has 1 rings (SSSR count). The second-order valence-corrected chi connectivity index (χ2v) is 9.92. The van der Waals surface area contributed by atoms with E-state index in [9.17, 15) is 4.79 Å². The highest BCUT2D eigenvalue weighted by molar-refractivity contribution is 5.83. The predicted molar refractivity (Wildman–Crippen MR) is 138 cm³/mol. The van der Waals surface area contributed by atoms with E-state index >= 15 is 0 Å². The first-order valence-electron chi connectivity index (χ1n) is 12.6. The molecule has 174 valence electrons. The zero-order valence-corrected chi connectivity index (χ0v) is 21.4. The summed E-state index contributed by atoms with van der Waals surface area (Å²) in [6.07, 6.45) is 25.0. The van der Waals surface area contributed by atoms with E-state index in [0.29, 0.717) is 11.7 Å². The quantitative estimate of drug-likeness (QED) is 0.225. The average molecular weight is 425 g/mol. The minimum Gasteiger partial charge on any atom is -0.299 e. The van der Waals surface area contributed by atoms with Gasteiger partial charge in [-0.1, -0.05) is 58.2 Å². The first-order chi connectivity index (χ1) is 14.8. The van der Waals surface area contributed by atoms with Crippen LogP contribution in [-0.4, -0.2) is 5.78 Å². The van der Waals surface area contributed by atoms with Crippen molar-refractivity contribution in [2.24, 2.45) is 5.92 Å². The maximum absolute atomic E-state index is 11.7. The number of carbonyl (C=O) groups is 1. The predicted octanol–water partition coefficient (Wildman–Crippen LogP) is 9.62. The van der Waals surface area contributed by atoms with E-state index in [1.807, 2.05) is 0 Å². The molecular weight excluding hydrogens is 376 g/mol. The van der Waals surface area contributed by atoms with Gasteiger partial charge in [0.1, 0.15) is 5.78 Å². The Morgan fingerprint density at radius 2 is 0.871 bits per heavy atom. The Morgan fingerprint density at radius 1 is 0.548 bits per heavy atom. The molecule has 0 N–H and O–H groups in total. The van der Waals surface area contributed by atoms with Crippen molar-refractivity contribution in [2.45, 2.75) is 119 Å².